The van der Waals surface area contributed by atoms with Crippen LogP contribution < -0.4 is 14.8 Å². The van der Waals surface area contributed by atoms with Gasteiger partial charge in [-0.1, -0.05) is 0 Å². The van der Waals surface area contributed by atoms with Crippen LogP contribution >= 0.6 is 12.4 Å². The van der Waals surface area contributed by atoms with Crippen molar-refractivity contribution in [2.24, 2.45) is 0 Å². The number of benzene rings is 1. The lowest BCUT2D eigenvalue weighted by atomic mass is 10.2. The fourth-order valence-electron chi connectivity index (χ4n) is 3.43. The van der Waals surface area contributed by atoms with Crippen LogP contribution in [0.25, 0.3) is 11.0 Å². The minimum absolute atomic E-state index is 0. The number of nitrogens with zero attached hydrogens (tertiary/aromatic N) is 3. The maximum Gasteiger partial charge on any atom is 0.231 e. The summed E-state index contributed by atoms with van der Waals surface area (Å²) in [6.07, 6.45) is 3.26. The first-order valence-electron chi connectivity index (χ1n) is 8.70. The first-order chi connectivity index (χ1) is 13.2. The molecule has 0 bridgehead atoms. The number of halogens is 1. The molecule has 28 heavy (non-hydrogen) atoms. The summed E-state index contributed by atoms with van der Waals surface area (Å²) in [5.41, 5.74) is 4.03. The van der Waals surface area contributed by atoms with E-state index in [9.17, 15) is 0 Å². The molecule has 4 heterocycles. The van der Waals surface area contributed by atoms with E-state index in [0.29, 0.717) is 6.54 Å². The third-order valence-corrected chi connectivity index (χ3v) is 4.93. The van der Waals surface area contributed by atoms with Gasteiger partial charge in [0.15, 0.2) is 11.5 Å². The van der Waals surface area contributed by atoms with Crippen molar-refractivity contribution in [2.45, 2.75) is 20.4 Å². The maximum atomic E-state index is 5.51. The molecule has 3 aromatic heterocycles. The molecule has 0 unspecified atom stereocenters. The van der Waals surface area contributed by atoms with Crippen LogP contribution in [-0.4, -0.2) is 21.3 Å². The summed E-state index contributed by atoms with van der Waals surface area (Å²) < 4.78 is 18.5. The number of aromatic nitrogens is 3. The predicted molar refractivity (Wildman–Crippen MR) is 108 cm³/mol. The maximum absolute atomic E-state index is 5.51. The van der Waals surface area contributed by atoms with Gasteiger partial charge >= 0.3 is 0 Å². The third-order valence-electron chi connectivity index (χ3n) is 4.93. The van der Waals surface area contributed by atoms with Crippen LogP contribution in [0.1, 0.15) is 17.0 Å². The van der Waals surface area contributed by atoms with Crippen molar-refractivity contribution in [3.05, 3.63) is 59.9 Å². The average molecular weight is 399 g/mol. The normalized spacial score (nSPS) is 12.2. The van der Waals surface area contributed by atoms with Crippen LogP contribution in [0, 0.1) is 13.8 Å². The molecular formula is C20H19ClN4O3. The molecule has 8 heteroatoms. The Labute approximate surface area is 167 Å². The number of nitrogens with one attached hydrogen (secondary N) is 1. The lowest BCUT2D eigenvalue weighted by Gasteiger charge is -2.09. The number of aryl methyl sites for hydroxylation is 1. The minimum Gasteiger partial charge on any atom is -0.467 e. The number of anilines is 2. The number of hydrogen-bond acceptors (Lipinski definition) is 6. The lowest BCUT2D eigenvalue weighted by Crippen LogP contribution is -2.02. The second-order valence-electron chi connectivity index (χ2n) is 6.49. The van der Waals surface area contributed by atoms with Crippen LogP contribution in [0.2, 0.25) is 0 Å². The summed E-state index contributed by atoms with van der Waals surface area (Å²) >= 11 is 0. The Kier molecular flexibility index (Phi) is 4.60. The highest BCUT2D eigenvalue weighted by molar-refractivity contribution is 5.93. The van der Waals surface area contributed by atoms with Gasteiger partial charge < -0.3 is 23.8 Å². The van der Waals surface area contributed by atoms with Crippen LogP contribution in [-0.2, 0) is 6.54 Å². The van der Waals surface area contributed by atoms with Crippen molar-refractivity contribution >= 4 is 34.9 Å². The Morgan fingerprint density at radius 1 is 1.11 bits per heavy atom. The summed E-state index contributed by atoms with van der Waals surface area (Å²) in [5.74, 6) is 3.13. The van der Waals surface area contributed by atoms with Crippen LogP contribution in [0.3, 0.4) is 0 Å². The Morgan fingerprint density at radius 2 is 1.96 bits per heavy atom. The monoisotopic (exact) mass is 398 g/mol. The minimum atomic E-state index is 0. The van der Waals surface area contributed by atoms with Gasteiger partial charge in [-0.3, -0.25) is 0 Å². The van der Waals surface area contributed by atoms with Crippen molar-refractivity contribution in [1.82, 2.24) is 14.5 Å². The zero-order chi connectivity index (χ0) is 18.4. The Hall–Kier alpha value is -3.19. The molecular weight excluding hydrogens is 380 g/mol. The van der Waals surface area contributed by atoms with Crippen molar-refractivity contribution in [2.75, 3.05) is 12.1 Å². The van der Waals surface area contributed by atoms with E-state index in [1.165, 1.54) is 0 Å². The quantitative estimate of drug-likeness (QED) is 0.542. The molecule has 0 fully saturated rings. The lowest BCUT2D eigenvalue weighted by molar-refractivity contribution is 0.174. The second-order valence-corrected chi connectivity index (χ2v) is 6.49. The second kappa shape index (κ2) is 7.09. The molecule has 0 amide bonds. The average Bonchev–Trinajstić information content (AvgIpc) is 3.40. The van der Waals surface area contributed by atoms with E-state index in [4.69, 9.17) is 13.9 Å². The molecule has 5 rings (SSSR count). The molecule has 4 aromatic rings. The molecule has 144 valence electrons. The summed E-state index contributed by atoms with van der Waals surface area (Å²) in [4.78, 5) is 9.01. The van der Waals surface area contributed by atoms with E-state index >= 15 is 0 Å². The number of fused-ring (bicyclic) bond motifs is 2. The molecule has 1 aromatic carbocycles. The Morgan fingerprint density at radius 3 is 2.79 bits per heavy atom. The van der Waals surface area contributed by atoms with Crippen molar-refractivity contribution < 1.29 is 13.9 Å². The summed E-state index contributed by atoms with van der Waals surface area (Å²) in [6, 6.07) is 9.61. The van der Waals surface area contributed by atoms with Gasteiger partial charge in [0.1, 0.15) is 23.6 Å². The van der Waals surface area contributed by atoms with Crippen LogP contribution in [0.5, 0.6) is 11.5 Å². The van der Waals surface area contributed by atoms with Gasteiger partial charge in [-0.05, 0) is 43.7 Å². The van der Waals surface area contributed by atoms with Gasteiger partial charge in [0.05, 0.1) is 18.2 Å². The van der Waals surface area contributed by atoms with Crippen molar-refractivity contribution in [1.29, 1.82) is 0 Å². The van der Waals surface area contributed by atoms with Crippen LogP contribution in [0.4, 0.5) is 11.5 Å². The predicted octanol–water partition coefficient (Wildman–Crippen LogP) is 4.58. The number of furan rings is 1. The molecule has 0 radical (unpaired) electrons. The van der Waals surface area contributed by atoms with E-state index in [0.717, 1.165) is 51.1 Å². The van der Waals surface area contributed by atoms with E-state index in [1.54, 1.807) is 12.6 Å². The first-order valence-corrected chi connectivity index (χ1v) is 8.70. The summed E-state index contributed by atoms with van der Waals surface area (Å²) in [5, 5.41) is 4.39. The van der Waals surface area contributed by atoms with E-state index in [-0.39, 0.29) is 19.2 Å². The van der Waals surface area contributed by atoms with E-state index in [1.807, 2.05) is 30.3 Å². The smallest absolute Gasteiger partial charge is 0.231 e. The molecule has 0 atom stereocenters. The highest BCUT2D eigenvalue weighted by atomic mass is 35.5. The van der Waals surface area contributed by atoms with Gasteiger partial charge in [-0.25, -0.2) is 9.97 Å². The van der Waals surface area contributed by atoms with Gasteiger partial charge in [-0.15, -0.1) is 12.4 Å². The molecule has 0 aliphatic carbocycles. The summed E-state index contributed by atoms with van der Waals surface area (Å²) in [7, 11) is 0. The fourth-order valence-corrected chi connectivity index (χ4v) is 3.43. The Bertz CT molecular complexity index is 1140. The summed E-state index contributed by atoms with van der Waals surface area (Å²) in [6.45, 7) is 5.06. The zero-order valence-electron chi connectivity index (χ0n) is 15.4. The molecule has 1 aliphatic rings. The van der Waals surface area contributed by atoms with Gasteiger partial charge in [0, 0.05) is 17.4 Å². The van der Waals surface area contributed by atoms with Gasteiger partial charge in [-0.2, -0.15) is 0 Å². The standard InChI is InChI=1S/C20H18N4O3.ClH/c1-12-13(2)24(9-15-4-3-7-25-15)20-18(12)19(21-10-22-20)23-14-5-6-16-17(8-14)27-11-26-16;/h3-8,10H,9,11H2,1-2H3,(H,21,22,23);1H. The number of ether oxygens (including phenoxy) is 2. The van der Waals surface area contributed by atoms with Gasteiger partial charge in [0.2, 0.25) is 6.79 Å². The van der Waals surface area contributed by atoms with Crippen molar-refractivity contribution in [3.8, 4) is 11.5 Å². The van der Waals surface area contributed by atoms with E-state index < -0.39 is 0 Å². The molecule has 0 saturated heterocycles. The topological polar surface area (TPSA) is 74.3 Å². The molecule has 0 saturated carbocycles. The third kappa shape index (κ3) is 2.93. The van der Waals surface area contributed by atoms with E-state index in [2.05, 4.69) is 33.7 Å². The van der Waals surface area contributed by atoms with Crippen molar-refractivity contribution in [3.63, 3.8) is 0 Å². The number of rotatable bonds is 4. The largest absolute Gasteiger partial charge is 0.467 e. The first kappa shape index (κ1) is 18.2. The highest BCUT2D eigenvalue weighted by Crippen LogP contribution is 2.36. The van der Waals surface area contributed by atoms with Crippen LogP contribution in [0.15, 0.2) is 47.3 Å². The molecule has 1 N–H and O–H groups in total. The fraction of sp³-hybridized carbons (Fsp3) is 0.200. The molecule has 7 nitrogen and oxygen atoms in total. The number of hydrogen-bond donors (Lipinski definition) is 1. The Balaban J connectivity index is 0.00000192. The highest BCUT2D eigenvalue weighted by Gasteiger charge is 2.18. The SMILES string of the molecule is Cc1c(C)n(Cc2ccco2)c2ncnc(Nc3ccc4c(c3)OCO4)c12.Cl. The molecule has 0 spiro atoms. The zero-order valence-corrected chi connectivity index (χ0v) is 16.2. The molecule has 1 aliphatic heterocycles. The van der Waals surface area contributed by atoms with Gasteiger partial charge in [0.25, 0.3) is 0 Å².